The molecule has 0 saturated carbocycles. The highest BCUT2D eigenvalue weighted by atomic mass is 16.4. The second-order valence-corrected chi connectivity index (χ2v) is 3.93. The van der Waals surface area contributed by atoms with E-state index < -0.39 is 17.9 Å². The molecule has 2 rings (SSSR count). The van der Waals surface area contributed by atoms with Gasteiger partial charge in [-0.15, -0.1) is 0 Å². The average molecular weight is 261 g/mol. The van der Waals surface area contributed by atoms with Crippen LogP contribution in [0.15, 0.2) is 33.5 Å². The number of nitrogens with zero attached hydrogens (tertiary/aromatic N) is 3. The molecule has 1 atom stereocenters. The normalized spacial score (nSPS) is 18.5. The number of nitrogens with one attached hydrogen (secondary N) is 1. The van der Waals surface area contributed by atoms with Gasteiger partial charge in [0.2, 0.25) is 0 Å². The highest BCUT2D eigenvalue weighted by molar-refractivity contribution is 6.10. The van der Waals surface area contributed by atoms with Crippen LogP contribution in [0.25, 0.3) is 0 Å². The number of carbonyl (C=O) groups excluding carboxylic acids is 1. The van der Waals surface area contributed by atoms with Crippen molar-refractivity contribution in [2.75, 3.05) is 5.73 Å². The summed E-state index contributed by atoms with van der Waals surface area (Å²) in [7, 11) is 0. The number of carboxylic acids is 1. The number of hydrogen-bond donors (Lipinski definition) is 3. The average Bonchev–Trinajstić information content (AvgIpc) is 2.68. The number of nitrogens with two attached hydrogens (primary N) is 1. The van der Waals surface area contributed by atoms with E-state index in [2.05, 4.69) is 20.8 Å². The van der Waals surface area contributed by atoms with Crippen molar-refractivity contribution in [1.29, 1.82) is 0 Å². The fourth-order valence-corrected chi connectivity index (χ4v) is 1.52. The van der Waals surface area contributed by atoms with Crippen LogP contribution in [0.5, 0.6) is 0 Å². The first-order valence-corrected chi connectivity index (χ1v) is 5.36. The molecule has 1 aromatic rings. The Kier molecular flexibility index (Phi) is 3.23. The fraction of sp³-hybridized carbons (Fsp3) is 0.182. The molecule has 0 spiro atoms. The molecule has 1 aliphatic heterocycles. The van der Waals surface area contributed by atoms with Crippen LogP contribution in [0.4, 0.5) is 11.4 Å². The van der Waals surface area contributed by atoms with Gasteiger partial charge in [0.05, 0.1) is 17.0 Å². The number of benzene rings is 1. The summed E-state index contributed by atoms with van der Waals surface area (Å²) < 4.78 is 0. The van der Waals surface area contributed by atoms with Gasteiger partial charge in [0.25, 0.3) is 5.91 Å². The molecule has 19 heavy (non-hydrogen) atoms. The number of amides is 1. The number of aromatic carboxylic acids is 1. The number of anilines is 1. The van der Waals surface area contributed by atoms with Crippen molar-refractivity contribution < 1.29 is 14.7 Å². The molecular weight excluding hydrogens is 250 g/mol. The topological polar surface area (TPSA) is 130 Å². The minimum absolute atomic E-state index is 0.0725. The van der Waals surface area contributed by atoms with Gasteiger partial charge in [-0.1, -0.05) is 0 Å². The largest absolute Gasteiger partial charge is 0.478 e. The van der Waals surface area contributed by atoms with Crippen LogP contribution in [0.1, 0.15) is 17.3 Å². The number of azo groups is 1. The van der Waals surface area contributed by atoms with E-state index in [-0.39, 0.29) is 11.3 Å². The zero-order chi connectivity index (χ0) is 14.0. The minimum Gasteiger partial charge on any atom is -0.478 e. The molecule has 0 aliphatic carbocycles. The molecule has 0 aromatic heterocycles. The van der Waals surface area contributed by atoms with E-state index in [1.165, 1.54) is 18.2 Å². The third-order valence-corrected chi connectivity index (χ3v) is 2.52. The second-order valence-electron chi connectivity index (χ2n) is 3.93. The quantitative estimate of drug-likeness (QED) is 0.551. The molecule has 0 bridgehead atoms. The first kappa shape index (κ1) is 12.7. The number of hydrazone groups is 1. The summed E-state index contributed by atoms with van der Waals surface area (Å²) in [6.45, 7) is 1.63. The van der Waals surface area contributed by atoms with E-state index in [0.29, 0.717) is 11.4 Å². The standard InChI is InChI=1S/C11H11N5O3/c1-5-9(10(17)16-13-5)15-14-8-3-2-6(12)4-7(8)11(18)19/h2-4,9H,12H2,1H3,(H,16,17)(H,18,19). The molecule has 0 fully saturated rings. The maximum Gasteiger partial charge on any atom is 0.338 e. The van der Waals surface area contributed by atoms with E-state index in [4.69, 9.17) is 10.8 Å². The molecule has 98 valence electrons. The Balaban J connectivity index is 2.31. The van der Waals surface area contributed by atoms with Gasteiger partial charge in [-0.25, -0.2) is 10.2 Å². The lowest BCUT2D eigenvalue weighted by atomic mass is 10.1. The van der Waals surface area contributed by atoms with Crippen LogP contribution in [-0.2, 0) is 4.79 Å². The number of rotatable bonds is 3. The number of hydrogen-bond acceptors (Lipinski definition) is 6. The third kappa shape index (κ3) is 2.57. The van der Waals surface area contributed by atoms with Crippen molar-refractivity contribution in [3.8, 4) is 0 Å². The molecule has 1 amide bonds. The monoisotopic (exact) mass is 261 g/mol. The summed E-state index contributed by atoms with van der Waals surface area (Å²) in [5.41, 5.74) is 8.62. The zero-order valence-electron chi connectivity index (χ0n) is 9.99. The van der Waals surface area contributed by atoms with Crippen LogP contribution >= 0.6 is 0 Å². The van der Waals surface area contributed by atoms with Crippen molar-refractivity contribution >= 4 is 29.0 Å². The Labute approximate surface area is 108 Å². The number of nitrogen functional groups attached to an aromatic ring is 1. The summed E-state index contributed by atoms with van der Waals surface area (Å²) >= 11 is 0. The van der Waals surface area contributed by atoms with Crippen molar-refractivity contribution in [2.45, 2.75) is 13.0 Å². The van der Waals surface area contributed by atoms with E-state index in [0.717, 1.165) is 0 Å². The maximum atomic E-state index is 11.4. The van der Waals surface area contributed by atoms with Crippen LogP contribution < -0.4 is 11.2 Å². The van der Waals surface area contributed by atoms with Gasteiger partial charge in [-0.05, 0) is 25.1 Å². The molecular formula is C11H11N5O3. The summed E-state index contributed by atoms with van der Waals surface area (Å²) in [6.07, 6.45) is 0. The molecule has 0 saturated heterocycles. The minimum atomic E-state index is -1.16. The summed E-state index contributed by atoms with van der Waals surface area (Å²) in [5, 5.41) is 20.3. The molecule has 8 heteroatoms. The van der Waals surface area contributed by atoms with Crippen LogP contribution in [0, 0.1) is 0 Å². The predicted octanol–water partition coefficient (Wildman–Crippen LogP) is 0.925. The first-order chi connectivity index (χ1) is 8.99. The molecule has 1 aliphatic rings. The third-order valence-electron chi connectivity index (χ3n) is 2.52. The Morgan fingerprint density at radius 3 is 2.84 bits per heavy atom. The lowest BCUT2D eigenvalue weighted by Gasteiger charge is -2.03. The van der Waals surface area contributed by atoms with Gasteiger partial charge in [-0.3, -0.25) is 4.79 Å². The van der Waals surface area contributed by atoms with E-state index in [9.17, 15) is 9.59 Å². The zero-order valence-corrected chi connectivity index (χ0v) is 9.99. The van der Waals surface area contributed by atoms with Gasteiger partial charge >= 0.3 is 5.97 Å². The Bertz CT molecular complexity index is 608. The molecule has 8 nitrogen and oxygen atoms in total. The number of carbonyl (C=O) groups is 2. The summed E-state index contributed by atoms with van der Waals surface area (Å²) in [5.74, 6) is -1.56. The van der Waals surface area contributed by atoms with E-state index >= 15 is 0 Å². The van der Waals surface area contributed by atoms with Gasteiger partial charge in [0.1, 0.15) is 0 Å². The molecule has 1 unspecified atom stereocenters. The SMILES string of the molecule is CC1=NNC(=O)C1N=Nc1ccc(N)cc1C(=O)O. The van der Waals surface area contributed by atoms with Gasteiger partial charge in [0, 0.05) is 5.69 Å². The Morgan fingerprint density at radius 1 is 1.53 bits per heavy atom. The van der Waals surface area contributed by atoms with Crippen LogP contribution in [0.3, 0.4) is 0 Å². The first-order valence-electron chi connectivity index (χ1n) is 5.36. The highest BCUT2D eigenvalue weighted by Gasteiger charge is 2.26. The van der Waals surface area contributed by atoms with Gasteiger partial charge in [-0.2, -0.15) is 15.3 Å². The molecule has 1 aromatic carbocycles. The van der Waals surface area contributed by atoms with E-state index in [1.54, 1.807) is 6.92 Å². The fourth-order valence-electron chi connectivity index (χ4n) is 1.52. The summed E-state index contributed by atoms with van der Waals surface area (Å²) in [4.78, 5) is 22.4. The molecule has 1 heterocycles. The Morgan fingerprint density at radius 2 is 2.26 bits per heavy atom. The summed E-state index contributed by atoms with van der Waals surface area (Å²) in [6, 6.07) is 3.41. The van der Waals surface area contributed by atoms with Crippen LogP contribution in [0.2, 0.25) is 0 Å². The Hall–Kier alpha value is -2.77. The number of carboxylic acid groups (broad SMARTS) is 1. The molecule has 4 N–H and O–H groups in total. The van der Waals surface area contributed by atoms with Crippen molar-refractivity contribution in [2.24, 2.45) is 15.3 Å². The second kappa shape index (κ2) is 4.84. The van der Waals surface area contributed by atoms with E-state index in [1.807, 2.05) is 0 Å². The van der Waals surface area contributed by atoms with Crippen molar-refractivity contribution in [3.63, 3.8) is 0 Å². The smallest absolute Gasteiger partial charge is 0.338 e. The van der Waals surface area contributed by atoms with Crippen LogP contribution in [-0.4, -0.2) is 28.7 Å². The highest BCUT2D eigenvalue weighted by Crippen LogP contribution is 2.23. The van der Waals surface area contributed by atoms with Crippen molar-refractivity contribution in [1.82, 2.24) is 5.43 Å². The molecule has 0 radical (unpaired) electrons. The predicted molar refractivity (Wildman–Crippen MR) is 67.4 cm³/mol. The van der Waals surface area contributed by atoms with Gasteiger partial charge in [0.15, 0.2) is 6.04 Å². The van der Waals surface area contributed by atoms with Gasteiger partial charge < -0.3 is 10.8 Å². The lowest BCUT2D eigenvalue weighted by Crippen LogP contribution is -2.25. The van der Waals surface area contributed by atoms with Crippen molar-refractivity contribution in [3.05, 3.63) is 23.8 Å². The lowest BCUT2D eigenvalue weighted by molar-refractivity contribution is -0.120. The maximum absolute atomic E-state index is 11.4.